The van der Waals surface area contributed by atoms with E-state index in [4.69, 9.17) is 4.74 Å². The van der Waals surface area contributed by atoms with Gasteiger partial charge in [-0.15, -0.1) is 0 Å². The molecule has 0 heterocycles. The Morgan fingerprint density at radius 1 is 1.22 bits per heavy atom. The van der Waals surface area contributed by atoms with Crippen LogP contribution in [0.3, 0.4) is 0 Å². The van der Waals surface area contributed by atoms with E-state index in [0.717, 1.165) is 6.07 Å². The molecule has 0 atom stereocenters. The molecule has 5 heteroatoms. The minimum absolute atomic E-state index is 0.160. The topological polar surface area (TPSA) is 9.23 Å². The number of alkyl halides is 3. The van der Waals surface area contributed by atoms with Crippen LogP contribution in [0.5, 0.6) is 0 Å². The summed E-state index contributed by atoms with van der Waals surface area (Å²) >= 11 is 1.45. The maximum Gasteiger partial charge on any atom is 0.416 e. The normalized spacial score (nSPS) is 12.1. The van der Waals surface area contributed by atoms with Gasteiger partial charge < -0.3 is 4.74 Å². The second-order valence-electron chi connectivity index (χ2n) is 4.13. The van der Waals surface area contributed by atoms with Crippen molar-refractivity contribution in [1.82, 2.24) is 0 Å². The van der Waals surface area contributed by atoms with Crippen molar-refractivity contribution in [2.75, 3.05) is 12.4 Å². The van der Waals surface area contributed by atoms with E-state index in [1.165, 1.54) is 23.9 Å². The van der Waals surface area contributed by atoms with Gasteiger partial charge in [-0.3, -0.25) is 0 Å². The van der Waals surface area contributed by atoms with Crippen molar-refractivity contribution in [3.63, 3.8) is 0 Å². The molecule has 0 aliphatic heterocycles. The number of halogens is 3. The zero-order chi connectivity index (χ0) is 13.6. The lowest BCUT2D eigenvalue weighted by Gasteiger charge is -2.12. The Morgan fingerprint density at radius 3 is 2.50 bits per heavy atom. The molecule has 0 saturated carbocycles. The largest absolute Gasteiger partial charge is 0.416 e. The van der Waals surface area contributed by atoms with Gasteiger partial charge in [-0.1, -0.05) is 18.2 Å². The summed E-state index contributed by atoms with van der Waals surface area (Å²) in [6, 6.07) is 5.70. The molecular formula is C13H17F3OS. The molecule has 0 spiro atoms. The van der Waals surface area contributed by atoms with Gasteiger partial charge in [0.15, 0.2) is 0 Å². The van der Waals surface area contributed by atoms with Gasteiger partial charge >= 0.3 is 6.18 Å². The maximum absolute atomic E-state index is 12.7. The standard InChI is InChI=1S/C13H17F3OS/c1-10(2)17-7-8-18-9-11-5-3-4-6-12(11)13(14,15)16/h3-6,10H,7-9H2,1-2H3. The zero-order valence-electron chi connectivity index (χ0n) is 10.5. The molecule has 0 unspecified atom stereocenters. The molecule has 1 rings (SSSR count). The Balaban J connectivity index is 2.47. The smallest absolute Gasteiger partial charge is 0.378 e. The van der Waals surface area contributed by atoms with Crippen molar-refractivity contribution >= 4 is 11.8 Å². The molecule has 0 saturated heterocycles. The van der Waals surface area contributed by atoms with Crippen molar-refractivity contribution in [1.29, 1.82) is 0 Å². The molecule has 0 aromatic heterocycles. The number of benzene rings is 1. The minimum atomic E-state index is -4.27. The van der Waals surface area contributed by atoms with Crippen LogP contribution in [0, 0.1) is 0 Å². The van der Waals surface area contributed by atoms with Gasteiger partial charge in [0.1, 0.15) is 0 Å². The van der Waals surface area contributed by atoms with Crippen LogP contribution in [0.1, 0.15) is 25.0 Å². The maximum atomic E-state index is 12.7. The molecule has 102 valence electrons. The number of ether oxygens (including phenoxy) is 1. The first-order valence-electron chi connectivity index (χ1n) is 5.75. The van der Waals surface area contributed by atoms with Crippen molar-refractivity contribution in [2.45, 2.75) is 31.9 Å². The summed E-state index contributed by atoms with van der Waals surface area (Å²) in [5, 5.41) is 0. The van der Waals surface area contributed by atoms with E-state index in [1.54, 1.807) is 6.07 Å². The first-order chi connectivity index (χ1) is 8.41. The summed E-state index contributed by atoms with van der Waals surface area (Å²) in [5.74, 6) is 1.06. The minimum Gasteiger partial charge on any atom is -0.378 e. The molecule has 0 aliphatic carbocycles. The molecule has 0 fully saturated rings. The third-order valence-electron chi connectivity index (χ3n) is 2.26. The van der Waals surface area contributed by atoms with E-state index in [-0.39, 0.29) is 6.10 Å². The highest BCUT2D eigenvalue weighted by atomic mass is 32.2. The van der Waals surface area contributed by atoms with E-state index in [2.05, 4.69) is 0 Å². The Labute approximate surface area is 110 Å². The molecule has 1 aromatic rings. The van der Waals surface area contributed by atoms with Crippen LogP contribution in [0.15, 0.2) is 24.3 Å². The molecule has 0 aliphatic rings. The molecule has 0 bridgehead atoms. The molecular weight excluding hydrogens is 261 g/mol. The van der Waals surface area contributed by atoms with Crippen molar-refractivity contribution in [2.24, 2.45) is 0 Å². The first kappa shape index (κ1) is 15.4. The van der Waals surface area contributed by atoms with Crippen LogP contribution in [0.25, 0.3) is 0 Å². The number of rotatable bonds is 6. The highest BCUT2D eigenvalue weighted by molar-refractivity contribution is 7.98. The average Bonchev–Trinajstić information content (AvgIpc) is 2.27. The van der Waals surface area contributed by atoms with Crippen molar-refractivity contribution in [3.8, 4) is 0 Å². The third-order valence-corrected chi connectivity index (χ3v) is 3.23. The van der Waals surface area contributed by atoms with Crippen LogP contribution in [-0.4, -0.2) is 18.5 Å². The van der Waals surface area contributed by atoms with Crippen LogP contribution in [0.2, 0.25) is 0 Å². The summed E-state index contributed by atoms with van der Waals surface area (Å²) in [6.45, 7) is 4.43. The van der Waals surface area contributed by atoms with Gasteiger partial charge in [0.25, 0.3) is 0 Å². The van der Waals surface area contributed by atoms with Crippen LogP contribution in [0.4, 0.5) is 13.2 Å². The molecule has 0 N–H and O–H groups in total. The monoisotopic (exact) mass is 278 g/mol. The fraction of sp³-hybridized carbons (Fsp3) is 0.538. The fourth-order valence-corrected chi connectivity index (χ4v) is 2.28. The molecule has 1 nitrogen and oxygen atoms in total. The summed E-state index contributed by atoms with van der Waals surface area (Å²) < 4.78 is 43.4. The van der Waals surface area contributed by atoms with E-state index >= 15 is 0 Å². The summed E-state index contributed by atoms with van der Waals surface area (Å²) in [6.07, 6.45) is -4.11. The summed E-state index contributed by atoms with van der Waals surface area (Å²) in [5.41, 5.74) is -0.207. The summed E-state index contributed by atoms with van der Waals surface area (Å²) in [7, 11) is 0. The van der Waals surface area contributed by atoms with Crippen molar-refractivity contribution < 1.29 is 17.9 Å². The lowest BCUT2D eigenvalue weighted by Crippen LogP contribution is -2.09. The second-order valence-corrected chi connectivity index (χ2v) is 5.23. The highest BCUT2D eigenvalue weighted by Crippen LogP contribution is 2.33. The predicted octanol–water partition coefficient (Wildman–Crippen LogP) is 4.36. The quantitative estimate of drug-likeness (QED) is 0.715. The second kappa shape index (κ2) is 7.04. The van der Waals surface area contributed by atoms with Gasteiger partial charge in [0.05, 0.1) is 18.3 Å². The Kier molecular flexibility index (Phi) is 6.02. The summed E-state index contributed by atoms with van der Waals surface area (Å²) in [4.78, 5) is 0. The van der Waals surface area contributed by atoms with E-state index in [0.29, 0.717) is 23.7 Å². The Morgan fingerprint density at radius 2 is 1.89 bits per heavy atom. The third kappa shape index (κ3) is 5.31. The van der Waals surface area contributed by atoms with Gasteiger partial charge in [-0.25, -0.2) is 0 Å². The Hall–Kier alpha value is -0.680. The van der Waals surface area contributed by atoms with Gasteiger partial charge in [-0.2, -0.15) is 24.9 Å². The number of thioether (sulfide) groups is 1. The van der Waals surface area contributed by atoms with Crippen LogP contribution in [-0.2, 0) is 16.7 Å². The van der Waals surface area contributed by atoms with Gasteiger partial charge in [0.2, 0.25) is 0 Å². The predicted molar refractivity (Wildman–Crippen MR) is 68.7 cm³/mol. The van der Waals surface area contributed by atoms with Crippen LogP contribution >= 0.6 is 11.8 Å². The molecule has 0 amide bonds. The Bertz CT molecular complexity index is 363. The zero-order valence-corrected chi connectivity index (χ0v) is 11.3. The number of hydrogen-bond acceptors (Lipinski definition) is 2. The lowest BCUT2D eigenvalue weighted by atomic mass is 10.1. The molecule has 0 radical (unpaired) electrons. The van der Waals surface area contributed by atoms with E-state index in [9.17, 15) is 13.2 Å². The average molecular weight is 278 g/mol. The highest BCUT2D eigenvalue weighted by Gasteiger charge is 2.32. The van der Waals surface area contributed by atoms with Crippen molar-refractivity contribution in [3.05, 3.63) is 35.4 Å². The van der Waals surface area contributed by atoms with Crippen LogP contribution < -0.4 is 0 Å². The van der Waals surface area contributed by atoms with E-state index < -0.39 is 11.7 Å². The van der Waals surface area contributed by atoms with Gasteiger partial charge in [-0.05, 0) is 25.5 Å². The van der Waals surface area contributed by atoms with Gasteiger partial charge in [0, 0.05) is 11.5 Å². The number of hydrogen-bond donors (Lipinski definition) is 0. The fourth-order valence-electron chi connectivity index (χ4n) is 1.45. The molecule has 1 aromatic carbocycles. The van der Waals surface area contributed by atoms with E-state index in [1.807, 2.05) is 13.8 Å². The lowest BCUT2D eigenvalue weighted by molar-refractivity contribution is -0.138. The molecule has 18 heavy (non-hydrogen) atoms. The SMILES string of the molecule is CC(C)OCCSCc1ccccc1C(F)(F)F. The first-order valence-corrected chi connectivity index (χ1v) is 6.91.